The SMILES string of the molecule is Cc1cccnc1CSc1nc(N)cc(N)n1. The van der Waals surface area contributed by atoms with Crippen molar-refractivity contribution in [3.63, 3.8) is 0 Å². The van der Waals surface area contributed by atoms with E-state index in [0.717, 1.165) is 11.3 Å². The summed E-state index contributed by atoms with van der Waals surface area (Å²) in [7, 11) is 0. The summed E-state index contributed by atoms with van der Waals surface area (Å²) in [4.78, 5) is 12.5. The molecule has 5 nitrogen and oxygen atoms in total. The first kappa shape index (κ1) is 11.7. The molecule has 0 unspecified atom stereocenters. The second-order valence-corrected chi connectivity index (χ2v) is 4.50. The van der Waals surface area contributed by atoms with Crippen LogP contribution in [0.5, 0.6) is 0 Å². The summed E-state index contributed by atoms with van der Waals surface area (Å²) in [5.74, 6) is 1.48. The summed E-state index contributed by atoms with van der Waals surface area (Å²) in [6.45, 7) is 2.03. The number of nitrogens with two attached hydrogens (primary N) is 2. The number of aromatic nitrogens is 3. The van der Waals surface area contributed by atoms with E-state index >= 15 is 0 Å². The Labute approximate surface area is 104 Å². The maximum Gasteiger partial charge on any atom is 0.191 e. The average molecular weight is 247 g/mol. The van der Waals surface area contributed by atoms with Crippen molar-refractivity contribution in [1.82, 2.24) is 15.0 Å². The summed E-state index contributed by atoms with van der Waals surface area (Å²) in [5, 5.41) is 0.576. The Morgan fingerprint density at radius 1 is 1.24 bits per heavy atom. The Bertz CT molecular complexity index is 509. The summed E-state index contributed by atoms with van der Waals surface area (Å²) in [6, 6.07) is 5.48. The van der Waals surface area contributed by atoms with Crippen molar-refractivity contribution in [3.05, 3.63) is 35.7 Å². The predicted molar refractivity (Wildman–Crippen MR) is 69.4 cm³/mol. The third kappa shape index (κ3) is 3.07. The van der Waals surface area contributed by atoms with Gasteiger partial charge in [0.2, 0.25) is 0 Å². The van der Waals surface area contributed by atoms with Gasteiger partial charge >= 0.3 is 0 Å². The molecule has 0 amide bonds. The molecule has 0 saturated carbocycles. The lowest BCUT2D eigenvalue weighted by molar-refractivity contribution is 0.980. The van der Waals surface area contributed by atoms with Gasteiger partial charge in [0.25, 0.3) is 0 Å². The van der Waals surface area contributed by atoms with Crippen LogP contribution in [0.4, 0.5) is 11.6 Å². The van der Waals surface area contributed by atoms with Crippen molar-refractivity contribution in [3.8, 4) is 0 Å². The van der Waals surface area contributed by atoms with Gasteiger partial charge in [-0.2, -0.15) is 0 Å². The second-order valence-electron chi connectivity index (χ2n) is 3.56. The number of anilines is 2. The molecule has 2 aromatic rings. The molecule has 2 heterocycles. The standard InChI is InChI=1S/C11H13N5S/c1-7-3-2-4-14-8(7)6-17-11-15-9(12)5-10(13)16-11/h2-5H,6H2,1H3,(H4,12,13,15,16). The van der Waals surface area contributed by atoms with Crippen LogP contribution in [0.2, 0.25) is 0 Å². The maximum atomic E-state index is 5.60. The van der Waals surface area contributed by atoms with E-state index in [1.165, 1.54) is 17.8 Å². The van der Waals surface area contributed by atoms with E-state index in [1.807, 2.05) is 19.1 Å². The highest BCUT2D eigenvalue weighted by Crippen LogP contribution is 2.21. The normalized spacial score (nSPS) is 10.4. The van der Waals surface area contributed by atoms with Crippen LogP contribution in [0.15, 0.2) is 29.6 Å². The molecule has 2 aromatic heterocycles. The molecule has 0 saturated heterocycles. The van der Waals surface area contributed by atoms with Crippen molar-refractivity contribution in [2.45, 2.75) is 17.8 Å². The molecule has 0 aliphatic carbocycles. The van der Waals surface area contributed by atoms with Crippen molar-refractivity contribution in [2.75, 3.05) is 11.5 Å². The second kappa shape index (κ2) is 5.01. The van der Waals surface area contributed by atoms with Crippen molar-refractivity contribution in [2.24, 2.45) is 0 Å². The average Bonchev–Trinajstić information content (AvgIpc) is 2.27. The molecule has 17 heavy (non-hydrogen) atoms. The van der Waals surface area contributed by atoms with E-state index < -0.39 is 0 Å². The van der Waals surface area contributed by atoms with Crippen LogP contribution in [-0.4, -0.2) is 15.0 Å². The number of nitrogen functional groups attached to an aromatic ring is 2. The Hall–Kier alpha value is -1.82. The van der Waals surface area contributed by atoms with Crippen molar-refractivity contribution in [1.29, 1.82) is 0 Å². The minimum absolute atomic E-state index is 0.387. The van der Waals surface area contributed by atoms with E-state index in [0.29, 0.717) is 22.5 Å². The fourth-order valence-electron chi connectivity index (χ4n) is 1.33. The molecule has 6 heteroatoms. The van der Waals surface area contributed by atoms with Gasteiger partial charge in [-0.3, -0.25) is 4.98 Å². The lowest BCUT2D eigenvalue weighted by Crippen LogP contribution is -1.99. The lowest BCUT2D eigenvalue weighted by atomic mass is 10.2. The molecule has 4 N–H and O–H groups in total. The highest BCUT2D eigenvalue weighted by molar-refractivity contribution is 7.98. The summed E-state index contributed by atoms with van der Waals surface area (Å²) < 4.78 is 0. The number of hydrogen-bond acceptors (Lipinski definition) is 6. The van der Waals surface area contributed by atoms with E-state index in [4.69, 9.17) is 11.5 Å². The number of hydrogen-bond donors (Lipinski definition) is 2. The predicted octanol–water partition coefficient (Wildman–Crippen LogP) is 1.64. The van der Waals surface area contributed by atoms with E-state index in [2.05, 4.69) is 15.0 Å². The van der Waals surface area contributed by atoms with Crippen LogP contribution in [0.1, 0.15) is 11.3 Å². The fourth-order valence-corrected chi connectivity index (χ4v) is 2.24. The molecule has 2 rings (SSSR count). The quantitative estimate of drug-likeness (QED) is 0.633. The number of thioether (sulfide) groups is 1. The monoisotopic (exact) mass is 247 g/mol. The van der Waals surface area contributed by atoms with E-state index in [-0.39, 0.29) is 0 Å². The molecule has 0 spiro atoms. The van der Waals surface area contributed by atoms with Gasteiger partial charge in [0.15, 0.2) is 5.16 Å². The van der Waals surface area contributed by atoms with Gasteiger partial charge in [-0.15, -0.1) is 0 Å². The van der Waals surface area contributed by atoms with Gasteiger partial charge in [0.1, 0.15) is 11.6 Å². The largest absolute Gasteiger partial charge is 0.383 e. The molecule has 0 fully saturated rings. The van der Waals surface area contributed by atoms with Crippen LogP contribution in [0, 0.1) is 6.92 Å². The smallest absolute Gasteiger partial charge is 0.191 e. The number of aryl methyl sites for hydroxylation is 1. The first-order valence-corrected chi connectivity index (χ1v) is 6.07. The van der Waals surface area contributed by atoms with Crippen LogP contribution >= 0.6 is 11.8 Å². The molecule has 0 bridgehead atoms. The molecule has 0 aliphatic rings. The molecular formula is C11H13N5S. The number of pyridine rings is 1. The van der Waals surface area contributed by atoms with Gasteiger partial charge < -0.3 is 11.5 Å². The number of rotatable bonds is 3. The maximum absolute atomic E-state index is 5.60. The Kier molecular flexibility index (Phi) is 3.43. The molecular weight excluding hydrogens is 234 g/mol. The zero-order chi connectivity index (χ0) is 12.3. The highest BCUT2D eigenvalue weighted by Gasteiger charge is 2.04. The topological polar surface area (TPSA) is 90.7 Å². The van der Waals surface area contributed by atoms with Crippen LogP contribution in [0.3, 0.4) is 0 Å². The van der Waals surface area contributed by atoms with Gasteiger partial charge in [-0.05, 0) is 18.6 Å². The molecule has 88 valence electrons. The summed E-state index contributed by atoms with van der Waals surface area (Å²) in [5.41, 5.74) is 13.4. The van der Waals surface area contributed by atoms with Gasteiger partial charge in [-0.1, -0.05) is 17.8 Å². The summed E-state index contributed by atoms with van der Waals surface area (Å²) >= 11 is 1.47. The first-order chi connectivity index (χ1) is 8.15. The van der Waals surface area contributed by atoms with Crippen molar-refractivity contribution < 1.29 is 0 Å². The minimum Gasteiger partial charge on any atom is -0.383 e. The Morgan fingerprint density at radius 2 is 1.94 bits per heavy atom. The zero-order valence-corrected chi connectivity index (χ0v) is 10.2. The first-order valence-electron chi connectivity index (χ1n) is 5.08. The highest BCUT2D eigenvalue weighted by atomic mass is 32.2. The third-order valence-corrected chi connectivity index (χ3v) is 3.06. The Balaban J connectivity index is 2.10. The van der Waals surface area contributed by atoms with Crippen LogP contribution < -0.4 is 11.5 Å². The molecule has 0 radical (unpaired) electrons. The van der Waals surface area contributed by atoms with Gasteiger partial charge in [0.05, 0.1) is 5.69 Å². The number of nitrogens with zero attached hydrogens (tertiary/aromatic N) is 3. The minimum atomic E-state index is 0.387. The third-order valence-electron chi connectivity index (χ3n) is 2.20. The van der Waals surface area contributed by atoms with Crippen molar-refractivity contribution >= 4 is 23.4 Å². The van der Waals surface area contributed by atoms with Gasteiger partial charge in [-0.25, -0.2) is 9.97 Å². The van der Waals surface area contributed by atoms with Gasteiger partial charge in [0, 0.05) is 18.0 Å². The fraction of sp³-hybridized carbons (Fsp3) is 0.182. The molecule has 0 aromatic carbocycles. The molecule has 0 atom stereocenters. The van der Waals surface area contributed by atoms with Crippen LogP contribution in [-0.2, 0) is 5.75 Å². The lowest BCUT2D eigenvalue weighted by Gasteiger charge is -2.04. The van der Waals surface area contributed by atoms with E-state index in [9.17, 15) is 0 Å². The zero-order valence-electron chi connectivity index (χ0n) is 9.42. The van der Waals surface area contributed by atoms with E-state index in [1.54, 1.807) is 6.20 Å². The molecule has 0 aliphatic heterocycles. The summed E-state index contributed by atoms with van der Waals surface area (Å²) in [6.07, 6.45) is 1.78. The Morgan fingerprint density at radius 3 is 2.59 bits per heavy atom. The van der Waals surface area contributed by atoms with Crippen LogP contribution in [0.25, 0.3) is 0 Å².